The van der Waals surface area contributed by atoms with Crippen LogP contribution in [0.1, 0.15) is 16.8 Å². The molecule has 100 valence electrons. The van der Waals surface area contributed by atoms with Crippen molar-refractivity contribution < 1.29 is 19.0 Å². The van der Waals surface area contributed by atoms with Crippen molar-refractivity contribution in [1.82, 2.24) is 4.98 Å². The molecule has 0 saturated carbocycles. The third kappa shape index (κ3) is 6.09. The highest BCUT2D eigenvalue weighted by Crippen LogP contribution is 2.09. The van der Waals surface area contributed by atoms with Crippen LogP contribution in [0.3, 0.4) is 0 Å². The smallest absolute Gasteiger partial charge is 0.338 e. The van der Waals surface area contributed by atoms with E-state index in [0.717, 1.165) is 0 Å². The zero-order valence-corrected chi connectivity index (χ0v) is 11.8. The first-order valence-electron chi connectivity index (χ1n) is 5.59. The van der Waals surface area contributed by atoms with Gasteiger partial charge in [0.05, 0.1) is 25.4 Å². The van der Waals surface area contributed by atoms with E-state index in [4.69, 9.17) is 14.2 Å². The van der Waals surface area contributed by atoms with E-state index in [-0.39, 0.29) is 5.97 Å². The van der Waals surface area contributed by atoms with Crippen LogP contribution in [0.25, 0.3) is 0 Å². The van der Waals surface area contributed by atoms with Crippen molar-refractivity contribution in [2.45, 2.75) is 6.42 Å². The van der Waals surface area contributed by atoms with E-state index in [1.807, 2.05) is 0 Å². The molecule has 1 aromatic heterocycles. The lowest BCUT2D eigenvalue weighted by molar-refractivity contribution is 0.0385. The number of halogens is 1. The summed E-state index contributed by atoms with van der Waals surface area (Å²) in [5, 5.41) is 0. The highest BCUT2D eigenvalue weighted by atomic mass is 79.9. The molecule has 0 spiro atoms. The molecule has 1 aromatic rings. The predicted molar refractivity (Wildman–Crippen MR) is 69.5 cm³/mol. The van der Waals surface area contributed by atoms with E-state index in [1.54, 1.807) is 25.4 Å². The molecule has 0 radical (unpaired) electrons. The molecule has 5 nitrogen and oxygen atoms in total. The van der Waals surface area contributed by atoms with Gasteiger partial charge in [0.1, 0.15) is 4.60 Å². The Morgan fingerprint density at radius 2 is 2.17 bits per heavy atom. The van der Waals surface area contributed by atoms with Crippen LogP contribution >= 0.6 is 15.9 Å². The van der Waals surface area contributed by atoms with Gasteiger partial charge in [-0.15, -0.1) is 0 Å². The number of rotatable bonds is 8. The quantitative estimate of drug-likeness (QED) is 0.417. The third-order valence-electron chi connectivity index (χ3n) is 2.06. The first kappa shape index (κ1) is 15.1. The van der Waals surface area contributed by atoms with E-state index in [9.17, 15) is 4.79 Å². The summed E-state index contributed by atoms with van der Waals surface area (Å²) < 4.78 is 15.8. The zero-order chi connectivity index (χ0) is 13.2. The Hall–Kier alpha value is -0.980. The summed E-state index contributed by atoms with van der Waals surface area (Å²) in [7, 11) is 1.62. The maximum Gasteiger partial charge on any atom is 0.338 e. The topological polar surface area (TPSA) is 57.7 Å². The largest absolute Gasteiger partial charge is 0.462 e. The Labute approximate surface area is 115 Å². The van der Waals surface area contributed by atoms with Gasteiger partial charge in [-0.25, -0.2) is 9.78 Å². The minimum absolute atomic E-state index is 0.339. The lowest BCUT2D eigenvalue weighted by Crippen LogP contribution is -2.09. The highest BCUT2D eigenvalue weighted by Gasteiger charge is 2.07. The van der Waals surface area contributed by atoms with Crippen LogP contribution in [-0.2, 0) is 14.2 Å². The molecule has 18 heavy (non-hydrogen) atoms. The summed E-state index contributed by atoms with van der Waals surface area (Å²) in [5.74, 6) is -0.352. The van der Waals surface area contributed by atoms with Gasteiger partial charge < -0.3 is 14.2 Å². The molecule has 0 fully saturated rings. The number of methoxy groups -OCH3 is 1. The summed E-state index contributed by atoms with van der Waals surface area (Å²) >= 11 is 3.20. The van der Waals surface area contributed by atoms with E-state index < -0.39 is 0 Å². The normalized spacial score (nSPS) is 10.3. The number of esters is 1. The van der Waals surface area contributed by atoms with Crippen LogP contribution in [0.4, 0.5) is 0 Å². The molecule has 0 N–H and O–H groups in total. The number of aromatic nitrogens is 1. The molecule has 0 aliphatic carbocycles. The van der Waals surface area contributed by atoms with Gasteiger partial charge in [-0.2, -0.15) is 0 Å². The summed E-state index contributed by atoms with van der Waals surface area (Å²) in [6.07, 6.45) is 2.22. The van der Waals surface area contributed by atoms with E-state index >= 15 is 0 Å². The Kier molecular flexibility index (Phi) is 7.55. The van der Waals surface area contributed by atoms with Gasteiger partial charge >= 0.3 is 5.97 Å². The molecule has 0 bridgehead atoms. The second-order valence-electron chi connectivity index (χ2n) is 3.46. The fraction of sp³-hybridized carbons (Fsp3) is 0.500. The summed E-state index contributed by atoms with van der Waals surface area (Å²) in [6.45, 7) is 2.02. The highest BCUT2D eigenvalue weighted by molar-refractivity contribution is 9.10. The predicted octanol–water partition coefficient (Wildman–Crippen LogP) is 2.05. The molecule has 1 heterocycles. The molecular formula is C12H16BrNO4. The minimum Gasteiger partial charge on any atom is -0.462 e. The number of nitrogens with zero attached hydrogens (tertiary/aromatic N) is 1. The first-order valence-corrected chi connectivity index (χ1v) is 6.38. The van der Waals surface area contributed by atoms with Crippen molar-refractivity contribution in [2.24, 2.45) is 0 Å². The van der Waals surface area contributed by atoms with Crippen LogP contribution in [0.2, 0.25) is 0 Å². The fourth-order valence-electron chi connectivity index (χ4n) is 1.18. The number of pyridine rings is 1. The Balaban J connectivity index is 2.14. The van der Waals surface area contributed by atoms with Crippen LogP contribution in [0.5, 0.6) is 0 Å². The fourth-order valence-corrected chi connectivity index (χ4v) is 1.55. The van der Waals surface area contributed by atoms with Crippen molar-refractivity contribution >= 4 is 21.9 Å². The first-order chi connectivity index (χ1) is 8.74. The average molecular weight is 318 g/mol. The molecule has 6 heteroatoms. The lowest BCUT2D eigenvalue weighted by Gasteiger charge is -2.05. The van der Waals surface area contributed by atoms with Gasteiger partial charge in [-0.3, -0.25) is 0 Å². The monoisotopic (exact) mass is 317 g/mol. The Morgan fingerprint density at radius 1 is 1.33 bits per heavy atom. The number of hydrogen-bond acceptors (Lipinski definition) is 5. The molecule has 0 unspecified atom stereocenters. The number of carbonyl (C=O) groups excluding carboxylic acids is 1. The van der Waals surface area contributed by atoms with E-state index in [0.29, 0.717) is 43.0 Å². The average Bonchev–Trinajstić information content (AvgIpc) is 2.37. The Morgan fingerprint density at radius 3 is 2.89 bits per heavy atom. The second-order valence-corrected chi connectivity index (χ2v) is 4.27. The summed E-state index contributed by atoms with van der Waals surface area (Å²) in [5.41, 5.74) is 0.483. The molecule has 0 aliphatic heterocycles. The maximum atomic E-state index is 11.6. The molecule has 0 aromatic carbocycles. The van der Waals surface area contributed by atoms with Crippen LogP contribution in [0.15, 0.2) is 22.9 Å². The van der Waals surface area contributed by atoms with Crippen molar-refractivity contribution in [1.29, 1.82) is 0 Å². The van der Waals surface area contributed by atoms with Crippen LogP contribution in [0, 0.1) is 0 Å². The van der Waals surface area contributed by atoms with Gasteiger partial charge in [0.25, 0.3) is 0 Å². The van der Waals surface area contributed by atoms with Gasteiger partial charge in [0, 0.05) is 26.3 Å². The van der Waals surface area contributed by atoms with Gasteiger partial charge in [0.2, 0.25) is 0 Å². The van der Waals surface area contributed by atoms with Crippen molar-refractivity contribution in [3.05, 3.63) is 28.5 Å². The molecule has 0 atom stereocenters. The van der Waals surface area contributed by atoms with Crippen molar-refractivity contribution in [3.63, 3.8) is 0 Å². The van der Waals surface area contributed by atoms with Gasteiger partial charge in [-0.1, -0.05) is 0 Å². The van der Waals surface area contributed by atoms with Crippen LogP contribution in [-0.4, -0.2) is 44.5 Å². The SMILES string of the molecule is COCCOCCCOC(=O)c1ccnc(Br)c1. The molecule has 0 saturated heterocycles. The summed E-state index contributed by atoms with van der Waals surface area (Å²) in [6, 6.07) is 3.24. The maximum absolute atomic E-state index is 11.6. The molecule has 0 amide bonds. The van der Waals surface area contributed by atoms with Gasteiger partial charge in [-0.05, 0) is 28.1 Å². The Bertz CT molecular complexity index is 373. The number of hydrogen-bond donors (Lipinski definition) is 0. The molecular weight excluding hydrogens is 302 g/mol. The van der Waals surface area contributed by atoms with Crippen molar-refractivity contribution in [3.8, 4) is 0 Å². The third-order valence-corrected chi connectivity index (χ3v) is 2.49. The second kappa shape index (κ2) is 9.02. The standard InChI is InChI=1S/C12H16BrNO4/c1-16-7-8-17-5-2-6-18-12(15)10-3-4-14-11(13)9-10/h3-4,9H,2,5-8H2,1H3. The lowest BCUT2D eigenvalue weighted by atomic mass is 10.3. The number of carbonyl (C=O) groups is 1. The molecule has 0 aliphatic rings. The minimum atomic E-state index is -0.352. The summed E-state index contributed by atoms with van der Waals surface area (Å²) in [4.78, 5) is 15.5. The van der Waals surface area contributed by atoms with Gasteiger partial charge in [0.15, 0.2) is 0 Å². The van der Waals surface area contributed by atoms with Crippen molar-refractivity contribution in [2.75, 3.05) is 33.5 Å². The van der Waals surface area contributed by atoms with Crippen LogP contribution < -0.4 is 0 Å². The molecule has 1 rings (SSSR count). The van der Waals surface area contributed by atoms with E-state index in [2.05, 4.69) is 20.9 Å². The number of ether oxygens (including phenoxy) is 3. The zero-order valence-electron chi connectivity index (χ0n) is 10.2. The van der Waals surface area contributed by atoms with E-state index in [1.165, 1.54) is 0 Å².